The molecule has 19 heavy (non-hydrogen) atoms. The number of nitrogen functional groups attached to an aromatic ring is 1. The summed E-state index contributed by atoms with van der Waals surface area (Å²) in [5.74, 6) is 0.126. The van der Waals surface area contributed by atoms with Gasteiger partial charge in [-0.2, -0.15) is 10.2 Å². The summed E-state index contributed by atoms with van der Waals surface area (Å²) in [4.78, 5) is 1.14. The van der Waals surface area contributed by atoms with Crippen molar-refractivity contribution < 1.29 is 0 Å². The molecule has 0 spiro atoms. The van der Waals surface area contributed by atoms with Crippen LogP contribution >= 0.6 is 0 Å². The van der Waals surface area contributed by atoms with E-state index in [1.807, 2.05) is 30.3 Å². The monoisotopic (exact) mass is 254 g/mol. The van der Waals surface area contributed by atoms with Gasteiger partial charge in [-0.15, -0.1) is 0 Å². The number of hydrogen-bond donors (Lipinski definition) is 2. The third kappa shape index (κ3) is 2.18. The smallest absolute Gasteiger partial charge is 0.263 e. The zero-order valence-electron chi connectivity index (χ0n) is 9.80. The highest BCUT2D eigenvalue weighted by Gasteiger charge is 2.06. The first kappa shape index (κ1) is 11.1. The molecule has 3 N–H and O–H groups in total. The van der Waals surface area contributed by atoms with Crippen LogP contribution in [-0.4, -0.2) is 36.7 Å². The average molecular weight is 254 g/mol. The predicted octanol–water partition coefficient (Wildman–Crippen LogP) is 0.528. The SMILES string of the molecule is Nc1nnnn1/N=C/c1c[nH]nc1-c1ccccc1. The standard InChI is InChI=1S/C11H10N8/c12-11-16-17-18-19(11)14-7-9-6-13-15-10(9)8-4-2-1-3-5-8/h1-7H,(H,13,15)(H2,12,16,18)/b14-7+. The number of nitrogens with one attached hydrogen (secondary N) is 1. The van der Waals surface area contributed by atoms with Crippen molar-refractivity contribution >= 4 is 12.2 Å². The maximum absolute atomic E-state index is 5.52. The van der Waals surface area contributed by atoms with Crippen LogP contribution in [0.3, 0.4) is 0 Å². The maximum Gasteiger partial charge on any atom is 0.263 e. The van der Waals surface area contributed by atoms with Crippen LogP contribution in [0, 0.1) is 0 Å². The molecule has 2 heterocycles. The number of nitrogens with two attached hydrogens (primary N) is 1. The molecular formula is C11H10N8. The van der Waals surface area contributed by atoms with Gasteiger partial charge in [-0.3, -0.25) is 5.10 Å². The van der Waals surface area contributed by atoms with E-state index in [2.05, 4.69) is 30.8 Å². The number of benzene rings is 1. The number of tetrazole rings is 1. The van der Waals surface area contributed by atoms with Crippen molar-refractivity contribution in [1.29, 1.82) is 0 Å². The topological polar surface area (TPSA) is 111 Å². The number of aromatic nitrogens is 6. The van der Waals surface area contributed by atoms with Crippen molar-refractivity contribution in [1.82, 2.24) is 30.5 Å². The van der Waals surface area contributed by atoms with Crippen LogP contribution in [0.1, 0.15) is 5.56 Å². The molecule has 0 aliphatic rings. The summed E-state index contributed by atoms with van der Waals surface area (Å²) in [6, 6.07) is 9.79. The van der Waals surface area contributed by atoms with E-state index in [0.717, 1.165) is 21.6 Å². The maximum atomic E-state index is 5.52. The number of H-pyrrole nitrogens is 1. The van der Waals surface area contributed by atoms with Crippen molar-refractivity contribution in [3.05, 3.63) is 42.1 Å². The minimum Gasteiger partial charge on any atom is -0.365 e. The third-order valence-electron chi connectivity index (χ3n) is 2.50. The summed E-state index contributed by atoms with van der Waals surface area (Å²) in [6.07, 6.45) is 3.34. The van der Waals surface area contributed by atoms with E-state index in [1.165, 1.54) is 0 Å². The number of hydrogen-bond acceptors (Lipinski definition) is 6. The van der Waals surface area contributed by atoms with Gasteiger partial charge in [0.1, 0.15) is 5.69 Å². The van der Waals surface area contributed by atoms with Gasteiger partial charge in [-0.1, -0.05) is 40.2 Å². The highest BCUT2D eigenvalue weighted by Crippen LogP contribution is 2.19. The molecule has 0 amide bonds. The summed E-state index contributed by atoms with van der Waals surface area (Å²) in [6.45, 7) is 0. The molecule has 0 fully saturated rings. The molecule has 3 rings (SSSR count). The molecule has 0 atom stereocenters. The molecule has 0 unspecified atom stereocenters. The van der Waals surface area contributed by atoms with Gasteiger partial charge in [0.05, 0.1) is 6.21 Å². The molecule has 1 aromatic carbocycles. The Morgan fingerprint density at radius 1 is 1.26 bits per heavy atom. The minimum atomic E-state index is 0.126. The third-order valence-corrected chi connectivity index (χ3v) is 2.50. The summed E-state index contributed by atoms with van der Waals surface area (Å²) >= 11 is 0. The van der Waals surface area contributed by atoms with Crippen LogP contribution in [0.5, 0.6) is 0 Å². The zero-order valence-corrected chi connectivity index (χ0v) is 9.80. The molecule has 0 aliphatic heterocycles. The largest absolute Gasteiger partial charge is 0.365 e. The summed E-state index contributed by atoms with van der Waals surface area (Å²) < 4.78 is 0. The second-order valence-electron chi connectivity index (χ2n) is 3.73. The quantitative estimate of drug-likeness (QED) is 0.662. The van der Waals surface area contributed by atoms with Gasteiger partial charge in [-0.05, 0) is 10.4 Å². The number of anilines is 1. The molecule has 0 bridgehead atoms. The second-order valence-corrected chi connectivity index (χ2v) is 3.73. The fraction of sp³-hybridized carbons (Fsp3) is 0. The van der Waals surface area contributed by atoms with E-state index in [1.54, 1.807) is 12.4 Å². The second kappa shape index (κ2) is 4.69. The van der Waals surface area contributed by atoms with E-state index in [-0.39, 0.29) is 5.95 Å². The first-order valence-electron chi connectivity index (χ1n) is 5.52. The fourth-order valence-corrected chi connectivity index (χ4v) is 1.61. The van der Waals surface area contributed by atoms with Crippen molar-refractivity contribution in [3.63, 3.8) is 0 Å². The highest BCUT2D eigenvalue weighted by molar-refractivity contribution is 5.88. The molecule has 0 saturated carbocycles. The number of rotatable bonds is 3. The number of aromatic amines is 1. The molecule has 0 radical (unpaired) electrons. The van der Waals surface area contributed by atoms with Gasteiger partial charge < -0.3 is 5.73 Å². The molecule has 8 heteroatoms. The van der Waals surface area contributed by atoms with E-state index >= 15 is 0 Å². The Morgan fingerprint density at radius 2 is 2.11 bits per heavy atom. The Bertz CT molecular complexity index is 696. The van der Waals surface area contributed by atoms with Gasteiger partial charge in [0.25, 0.3) is 5.95 Å². The van der Waals surface area contributed by atoms with Crippen LogP contribution in [0.2, 0.25) is 0 Å². The average Bonchev–Trinajstić information content (AvgIpc) is 3.06. The van der Waals surface area contributed by atoms with Crippen LogP contribution in [0.4, 0.5) is 5.95 Å². The minimum absolute atomic E-state index is 0.126. The van der Waals surface area contributed by atoms with Crippen molar-refractivity contribution in [2.24, 2.45) is 5.10 Å². The normalized spacial score (nSPS) is 11.2. The lowest BCUT2D eigenvalue weighted by Crippen LogP contribution is -1.99. The summed E-state index contributed by atoms with van der Waals surface area (Å²) in [7, 11) is 0. The number of nitrogens with zero attached hydrogens (tertiary/aromatic N) is 6. The van der Waals surface area contributed by atoms with Crippen LogP contribution in [-0.2, 0) is 0 Å². The van der Waals surface area contributed by atoms with E-state index < -0.39 is 0 Å². The van der Waals surface area contributed by atoms with Gasteiger partial charge in [-0.25, -0.2) is 0 Å². The summed E-state index contributed by atoms with van der Waals surface area (Å²) in [5.41, 5.74) is 8.14. The Morgan fingerprint density at radius 3 is 2.84 bits per heavy atom. The molecule has 0 aliphatic carbocycles. The lowest BCUT2D eigenvalue weighted by atomic mass is 10.1. The van der Waals surface area contributed by atoms with Crippen LogP contribution in [0.15, 0.2) is 41.6 Å². The van der Waals surface area contributed by atoms with Crippen molar-refractivity contribution in [3.8, 4) is 11.3 Å². The molecule has 94 valence electrons. The van der Waals surface area contributed by atoms with Gasteiger partial charge >= 0.3 is 0 Å². The van der Waals surface area contributed by atoms with Gasteiger partial charge in [0, 0.05) is 17.3 Å². The molecular weight excluding hydrogens is 244 g/mol. The Kier molecular flexibility index (Phi) is 2.73. The van der Waals surface area contributed by atoms with Gasteiger partial charge in [0.15, 0.2) is 0 Å². The first-order valence-corrected chi connectivity index (χ1v) is 5.52. The molecule has 3 aromatic rings. The van der Waals surface area contributed by atoms with E-state index in [9.17, 15) is 0 Å². The molecule has 8 nitrogen and oxygen atoms in total. The van der Waals surface area contributed by atoms with E-state index in [4.69, 9.17) is 5.73 Å². The Labute approximate surface area is 107 Å². The van der Waals surface area contributed by atoms with E-state index in [0.29, 0.717) is 0 Å². The fourth-order valence-electron chi connectivity index (χ4n) is 1.61. The predicted molar refractivity (Wildman–Crippen MR) is 69.2 cm³/mol. The summed E-state index contributed by atoms with van der Waals surface area (Å²) in [5, 5.41) is 21.6. The van der Waals surface area contributed by atoms with Gasteiger partial charge in [0.2, 0.25) is 0 Å². The molecule has 0 saturated heterocycles. The highest BCUT2D eigenvalue weighted by atomic mass is 15.7. The van der Waals surface area contributed by atoms with Crippen LogP contribution < -0.4 is 5.73 Å². The van der Waals surface area contributed by atoms with Crippen LogP contribution in [0.25, 0.3) is 11.3 Å². The molecule has 2 aromatic heterocycles. The van der Waals surface area contributed by atoms with Crippen molar-refractivity contribution in [2.75, 3.05) is 5.73 Å². The zero-order chi connectivity index (χ0) is 13.1. The Balaban J connectivity index is 1.93. The van der Waals surface area contributed by atoms with Crippen molar-refractivity contribution in [2.45, 2.75) is 0 Å². The Hall–Kier alpha value is -3.03. The first-order chi connectivity index (χ1) is 9.34. The lowest BCUT2D eigenvalue weighted by molar-refractivity contribution is 0.700. The lowest BCUT2D eigenvalue weighted by Gasteiger charge is -1.97.